The van der Waals surface area contributed by atoms with E-state index in [1.54, 1.807) is 12.1 Å². The average molecular weight is 780 g/mol. The van der Waals surface area contributed by atoms with Crippen molar-refractivity contribution in [1.82, 2.24) is 0 Å². The zero-order valence-corrected chi connectivity index (χ0v) is 30.6. The number of ether oxygens (including phenoxy) is 2. The van der Waals surface area contributed by atoms with Crippen molar-refractivity contribution in [1.29, 1.82) is 0 Å². The summed E-state index contributed by atoms with van der Waals surface area (Å²) >= 11 is 31.3. The SMILES string of the molecule is CC(C)(C)OC(=O)N(C(=O)OC(C)(C)C)c1cc(F)c(NC(=O)c2cc(NC(=O)[C@H]3[C@H](c4cc(Cl)cc(Cl)c4)C3(Cl)Cl)ccc2Cl)cc1F. The first kappa shape index (κ1) is 38.5. The lowest BCUT2D eigenvalue weighted by atomic mass is 10.1. The predicted molar refractivity (Wildman–Crippen MR) is 186 cm³/mol. The van der Waals surface area contributed by atoms with Gasteiger partial charge >= 0.3 is 12.2 Å². The Morgan fingerprint density at radius 2 is 1.33 bits per heavy atom. The van der Waals surface area contributed by atoms with E-state index >= 15 is 8.78 Å². The number of hydrogen-bond donors (Lipinski definition) is 2. The minimum absolute atomic E-state index is 0.0871. The Morgan fingerprint density at radius 1 is 0.776 bits per heavy atom. The van der Waals surface area contributed by atoms with Gasteiger partial charge in [-0.25, -0.2) is 18.4 Å². The number of imide groups is 1. The number of amides is 4. The summed E-state index contributed by atoms with van der Waals surface area (Å²) in [5.41, 5.74) is -3.23. The van der Waals surface area contributed by atoms with Crippen LogP contribution in [-0.4, -0.2) is 39.5 Å². The second kappa shape index (κ2) is 14.1. The molecule has 0 radical (unpaired) electrons. The maximum atomic E-state index is 15.5. The van der Waals surface area contributed by atoms with E-state index in [9.17, 15) is 19.2 Å². The van der Waals surface area contributed by atoms with E-state index in [0.29, 0.717) is 27.7 Å². The first-order valence-electron chi connectivity index (χ1n) is 14.5. The number of benzene rings is 3. The summed E-state index contributed by atoms with van der Waals surface area (Å²) in [5, 5.41) is 5.42. The van der Waals surface area contributed by atoms with Crippen LogP contribution in [0.5, 0.6) is 0 Å². The van der Waals surface area contributed by atoms with E-state index in [1.807, 2.05) is 0 Å². The van der Waals surface area contributed by atoms with E-state index in [4.69, 9.17) is 67.5 Å². The molecule has 0 aromatic heterocycles. The zero-order valence-electron chi connectivity index (χ0n) is 26.8. The summed E-state index contributed by atoms with van der Waals surface area (Å²) in [6.45, 7) is 9.10. The summed E-state index contributed by atoms with van der Waals surface area (Å²) in [6, 6.07) is 9.73. The van der Waals surface area contributed by atoms with Gasteiger partial charge in [0.05, 0.1) is 27.9 Å². The first-order valence-corrected chi connectivity index (χ1v) is 16.4. The van der Waals surface area contributed by atoms with Crippen LogP contribution in [0.1, 0.15) is 63.4 Å². The molecule has 0 bridgehead atoms. The van der Waals surface area contributed by atoms with Crippen molar-refractivity contribution in [2.24, 2.45) is 5.92 Å². The van der Waals surface area contributed by atoms with Crippen molar-refractivity contribution in [3.8, 4) is 0 Å². The number of anilines is 3. The molecule has 1 aliphatic rings. The lowest BCUT2D eigenvalue weighted by Crippen LogP contribution is -2.44. The van der Waals surface area contributed by atoms with Crippen LogP contribution in [0.25, 0.3) is 0 Å². The molecule has 262 valence electrons. The number of nitrogens with one attached hydrogen (secondary N) is 2. The minimum Gasteiger partial charge on any atom is -0.443 e. The van der Waals surface area contributed by atoms with E-state index in [-0.39, 0.29) is 21.2 Å². The van der Waals surface area contributed by atoms with Crippen LogP contribution in [0.3, 0.4) is 0 Å². The largest absolute Gasteiger partial charge is 0.443 e. The number of hydrogen-bond acceptors (Lipinski definition) is 6. The molecule has 3 aromatic carbocycles. The molecule has 3 aromatic rings. The standard InChI is InChI=1S/C33H30Cl5F2N3O6/c1-31(2,3)48-29(46)43(30(47)49-32(4,5)6)24-14-21(39)23(13-22(24)40)42-27(44)19-12-18(7-8-20(19)36)41-28(45)26-25(33(26,37)38)15-9-16(34)11-17(35)10-15/h7-14,25-26H,1-6H3,(H,41,45)(H,42,44)/t25-,26+/m0/s1. The quantitative estimate of drug-likeness (QED) is 0.241. The topological polar surface area (TPSA) is 114 Å². The van der Waals surface area contributed by atoms with E-state index in [0.717, 1.165) is 0 Å². The van der Waals surface area contributed by atoms with Gasteiger partial charge in [0.25, 0.3) is 5.91 Å². The maximum absolute atomic E-state index is 15.5. The van der Waals surface area contributed by atoms with Crippen LogP contribution in [0.2, 0.25) is 15.1 Å². The molecule has 0 unspecified atom stereocenters. The molecule has 0 aliphatic heterocycles. The summed E-state index contributed by atoms with van der Waals surface area (Å²) < 4.78 is 39.8. The van der Waals surface area contributed by atoms with Crippen LogP contribution >= 0.6 is 58.0 Å². The van der Waals surface area contributed by atoms with Crippen molar-refractivity contribution in [2.75, 3.05) is 15.5 Å². The molecule has 4 rings (SSSR count). The Hall–Kier alpha value is -3.35. The van der Waals surface area contributed by atoms with Crippen LogP contribution in [0.4, 0.5) is 35.4 Å². The van der Waals surface area contributed by atoms with Gasteiger partial charge in [-0.2, -0.15) is 4.90 Å². The molecule has 0 spiro atoms. The summed E-state index contributed by atoms with van der Waals surface area (Å²) in [4.78, 5) is 52.4. The molecule has 0 heterocycles. The Morgan fingerprint density at radius 3 is 1.86 bits per heavy atom. The van der Waals surface area contributed by atoms with Crippen LogP contribution in [0, 0.1) is 17.6 Å². The molecule has 1 saturated carbocycles. The Bertz CT molecular complexity index is 1800. The summed E-state index contributed by atoms with van der Waals surface area (Å²) in [5.74, 6) is -5.59. The minimum atomic E-state index is -1.47. The van der Waals surface area contributed by atoms with Crippen molar-refractivity contribution in [2.45, 2.75) is 63.0 Å². The van der Waals surface area contributed by atoms with Crippen molar-refractivity contribution < 1.29 is 37.4 Å². The molecule has 16 heteroatoms. The van der Waals surface area contributed by atoms with Crippen molar-refractivity contribution in [3.63, 3.8) is 0 Å². The van der Waals surface area contributed by atoms with E-state index in [2.05, 4.69) is 10.6 Å². The van der Waals surface area contributed by atoms with Gasteiger partial charge in [-0.05, 0) is 83.5 Å². The molecular formula is C33H30Cl5F2N3O6. The molecule has 1 fully saturated rings. The highest BCUT2D eigenvalue weighted by Crippen LogP contribution is 2.65. The Balaban J connectivity index is 1.56. The maximum Gasteiger partial charge on any atom is 0.424 e. The van der Waals surface area contributed by atoms with Crippen LogP contribution < -0.4 is 15.5 Å². The molecule has 1 aliphatic carbocycles. The van der Waals surface area contributed by atoms with Gasteiger partial charge in [0.15, 0.2) is 0 Å². The van der Waals surface area contributed by atoms with Gasteiger partial charge in [-0.3, -0.25) is 9.59 Å². The fourth-order valence-corrected chi connectivity index (χ4v) is 6.27. The number of alkyl halides is 2. The molecule has 0 saturated heterocycles. The Labute approximate surface area is 306 Å². The molecule has 2 atom stereocenters. The normalized spacial score (nSPS) is 16.8. The molecule has 4 amide bonds. The zero-order chi connectivity index (χ0) is 36.8. The molecule has 49 heavy (non-hydrogen) atoms. The molecule has 9 nitrogen and oxygen atoms in total. The smallest absolute Gasteiger partial charge is 0.424 e. The number of rotatable bonds is 6. The number of carbonyl (C=O) groups is 4. The lowest BCUT2D eigenvalue weighted by Gasteiger charge is -2.29. The highest BCUT2D eigenvalue weighted by Gasteiger charge is 2.67. The fraction of sp³-hybridized carbons (Fsp3) is 0.333. The second-order valence-electron chi connectivity index (χ2n) is 13.1. The van der Waals surface area contributed by atoms with Crippen LogP contribution in [0.15, 0.2) is 48.5 Å². The highest BCUT2D eigenvalue weighted by molar-refractivity contribution is 6.53. The third-order valence-electron chi connectivity index (χ3n) is 6.74. The number of nitrogens with zero attached hydrogens (tertiary/aromatic N) is 1. The molecular weight excluding hydrogens is 750 g/mol. The fourth-order valence-electron chi connectivity index (χ4n) is 4.70. The monoisotopic (exact) mass is 777 g/mol. The predicted octanol–water partition coefficient (Wildman–Crippen LogP) is 10.4. The van der Waals surface area contributed by atoms with Gasteiger partial charge in [-0.1, -0.05) is 34.8 Å². The van der Waals surface area contributed by atoms with Crippen LogP contribution in [-0.2, 0) is 14.3 Å². The second-order valence-corrected chi connectivity index (χ2v) is 15.8. The van der Waals surface area contributed by atoms with Gasteiger partial charge < -0.3 is 20.1 Å². The third-order valence-corrected chi connectivity index (χ3v) is 8.44. The third kappa shape index (κ3) is 9.26. The van der Waals surface area contributed by atoms with Gasteiger partial charge in [0, 0.05) is 33.8 Å². The molecule has 2 N–H and O–H groups in total. The Kier molecular flexibility index (Phi) is 11.1. The number of halogens is 7. The van der Waals surface area contributed by atoms with Crippen molar-refractivity contribution >= 4 is 99.1 Å². The highest BCUT2D eigenvalue weighted by atomic mass is 35.5. The average Bonchev–Trinajstić information content (AvgIpc) is 3.51. The van der Waals surface area contributed by atoms with Gasteiger partial charge in [0.1, 0.15) is 27.2 Å². The first-order chi connectivity index (χ1) is 22.5. The lowest BCUT2D eigenvalue weighted by molar-refractivity contribution is -0.117. The van der Waals surface area contributed by atoms with Crippen molar-refractivity contribution in [3.05, 3.63) is 86.4 Å². The number of carbonyl (C=O) groups excluding carboxylic acids is 4. The van der Waals surface area contributed by atoms with Gasteiger partial charge in [0.2, 0.25) is 5.91 Å². The van der Waals surface area contributed by atoms with Gasteiger partial charge in [-0.15, -0.1) is 23.2 Å². The van der Waals surface area contributed by atoms with E-state index < -0.39 is 74.4 Å². The summed E-state index contributed by atoms with van der Waals surface area (Å²) in [6.07, 6.45) is -2.64. The summed E-state index contributed by atoms with van der Waals surface area (Å²) in [7, 11) is 0. The van der Waals surface area contributed by atoms with E-state index in [1.165, 1.54) is 65.8 Å².